The highest BCUT2D eigenvalue weighted by Crippen LogP contribution is 2.22. The van der Waals surface area contributed by atoms with E-state index in [1.165, 1.54) is 11.8 Å². The number of hydrogen-bond donors (Lipinski definition) is 1. The lowest BCUT2D eigenvalue weighted by molar-refractivity contribution is 0.0945. The van der Waals surface area contributed by atoms with Crippen molar-refractivity contribution in [1.82, 2.24) is 30.3 Å². The second-order valence-electron chi connectivity index (χ2n) is 5.71. The zero-order valence-corrected chi connectivity index (χ0v) is 16.4. The van der Waals surface area contributed by atoms with Gasteiger partial charge in [-0.3, -0.25) is 4.79 Å². The van der Waals surface area contributed by atoms with Crippen LogP contribution in [0.5, 0.6) is 0 Å². The Hall–Kier alpha value is -3.04. The van der Waals surface area contributed by atoms with Crippen LogP contribution in [0.25, 0.3) is 5.69 Å². The van der Waals surface area contributed by atoms with E-state index in [9.17, 15) is 4.79 Å². The summed E-state index contributed by atoms with van der Waals surface area (Å²) in [6, 6.07) is 15.3. The van der Waals surface area contributed by atoms with Crippen LogP contribution in [-0.4, -0.2) is 30.9 Å². The molecule has 0 aliphatic heterocycles. The Balaban J connectivity index is 1.59. The molecule has 0 bridgehead atoms. The number of hydrogen-bond acceptors (Lipinski definition) is 7. The van der Waals surface area contributed by atoms with E-state index in [0.29, 0.717) is 28.8 Å². The number of benzene rings is 1. The summed E-state index contributed by atoms with van der Waals surface area (Å²) in [6.07, 6.45) is 3.38. The van der Waals surface area contributed by atoms with Gasteiger partial charge >= 0.3 is 0 Å². The normalized spacial score (nSPS) is 10.7. The highest BCUT2D eigenvalue weighted by atomic mass is 32.2. The molecule has 4 aromatic rings. The van der Waals surface area contributed by atoms with Gasteiger partial charge in [0.15, 0.2) is 10.9 Å². The molecule has 0 aliphatic carbocycles. The van der Waals surface area contributed by atoms with Crippen molar-refractivity contribution in [3.8, 4) is 5.69 Å². The maximum absolute atomic E-state index is 12.8. The first-order valence-corrected chi connectivity index (χ1v) is 10.4. The van der Waals surface area contributed by atoms with Gasteiger partial charge in [0.2, 0.25) is 0 Å². The van der Waals surface area contributed by atoms with Gasteiger partial charge in [0.1, 0.15) is 0 Å². The SMILES string of the molecule is O=C(NCc1cccs1)c1nnn(-c2ccccc2)c1CSc1ncccn1. The molecule has 0 atom stereocenters. The predicted octanol–water partition coefficient (Wildman–Crippen LogP) is 3.34. The second-order valence-corrected chi connectivity index (χ2v) is 7.69. The fourth-order valence-corrected chi connectivity index (χ4v) is 3.98. The molecular weight excluding hydrogens is 392 g/mol. The first kappa shape index (κ1) is 18.3. The van der Waals surface area contributed by atoms with Gasteiger partial charge in [-0.2, -0.15) is 0 Å². The fourth-order valence-electron chi connectivity index (χ4n) is 2.54. The molecule has 0 saturated heterocycles. The number of thioether (sulfide) groups is 1. The van der Waals surface area contributed by atoms with Crippen LogP contribution in [0.1, 0.15) is 21.1 Å². The summed E-state index contributed by atoms with van der Waals surface area (Å²) in [5.74, 6) is 0.216. The lowest BCUT2D eigenvalue weighted by Gasteiger charge is -2.08. The number of aromatic nitrogens is 5. The van der Waals surface area contributed by atoms with E-state index in [1.54, 1.807) is 34.5 Å². The van der Waals surface area contributed by atoms with Gasteiger partial charge in [-0.15, -0.1) is 16.4 Å². The number of carbonyl (C=O) groups excluding carboxylic acids is 1. The monoisotopic (exact) mass is 408 g/mol. The lowest BCUT2D eigenvalue weighted by Crippen LogP contribution is -2.24. The van der Waals surface area contributed by atoms with Crippen molar-refractivity contribution >= 4 is 29.0 Å². The zero-order valence-electron chi connectivity index (χ0n) is 14.7. The third-order valence-electron chi connectivity index (χ3n) is 3.86. The van der Waals surface area contributed by atoms with Gasteiger partial charge < -0.3 is 5.32 Å². The molecular formula is C19H16N6OS2. The van der Waals surface area contributed by atoms with E-state index in [2.05, 4.69) is 25.6 Å². The molecule has 7 nitrogen and oxygen atoms in total. The van der Waals surface area contributed by atoms with Gasteiger partial charge in [-0.1, -0.05) is 41.2 Å². The number of nitrogens with one attached hydrogen (secondary N) is 1. The third-order valence-corrected chi connectivity index (χ3v) is 5.63. The first-order chi connectivity index (χ1) is 13.8. The molecule has 1 amide bonds. The topological polar surface area (TPSA) is 85.6 Å². The summed E-state index contributed by atoms with van der Waals surface area (Å²) < 4.78 is 1.69. The van der Waals surface area contributed by atoms with Gasteiger partial charge in [0.05, 0.1) is 17.9 Å². The number of para-hydroxylation sites is 1. The van der Waals surface area contributed by atoms with Crippen molar-refractivity contribution in [1.29, 1.82) is 0 Å². The largest absolute Gasteiger partial charge is 0.346 e. The van der Waals surface area contributed by atoms with Gasteiger partial charge in [-0.05, 0) is 29.6 Å². The van der Waals surface area contributed by atoms with Crippen molar-refractivity contribution in [2.24, 2.45) is 0 Å². The standard InChI is InChI=1S/C19H16N6OS2/c26-18(22-12-15-8-4-11-27-15)17-16(13-28-19-20-9-5-10-21-19)25(24-23-17)14-6-2-1-3-7-14/h1-11H,12-13H2,(H,22,26). The molecule has 9 heteroatoms. The quantitative estimate of drug-likeness (QED) is 0.373. The average Bonchev–Trinajstić information content (AvgIpc) is 3.42. The van der Waals surface area contributed by atoms with E-state index in [4.69, 9.17) is 0 Å². The van der Waals surface area contributed by atoms with Crippen LogP contribution in [0.3, 0.4) is 0 Å². The molecule has 0 spiro atoms. The molecule has 0 aliphatic rings. The van der Waals surface area contributed by atoms with Gasteiger partial charge in [-0.25, -0.2) is 14.6 Å². The Morgan fingerprint density at radius 1 is 1.07 bits per heavy atom. The van der Waals surface area contributed by atoms with E-state index < -0.39 is 0 Å². The Bertz CT molecular complexity index is 1040. The summed E-state index contributed by atoms with van der Waals surface area (Å²) in [5.41, 5.74) is 1.85. The molecule has 0 radical (unpaired) electrons. The van der Waals surface area contributed by atoms with E-state index in [1.807, 2.05) is 47.8 Å². The predicted molar refractivity (Wildman–Crippen MR) is 108 cm³/mol. The highest BCUT2D eigenvalue weighted by molar-refractivity contribution is 7.98. The van der Waals surface area contributed by atoms with Crippen molar-refractivity contribution in [2.45, 2.75) is 17.5 Å². The Morgan fingerprint density at radius 3 is 2.64 bits per heavy atom. The Kier molecular flexibility index (Phi) is 5.74. The Labute approximate surface area is 169 Å². The number of nitrogens with zero attached hydrogens (tertiary/aromatic N) is 5. The van der Waals surface area contributed by atoms with Crippen LogP contribution in [0.4, 0.5) is 0 Å². The van der Waals surface area contributed by atoms with Crippen LogP contribution < -0.4 is 5.32 Å². The van der Waals surface area contributed by atoms with Crippen LogP contribution in [-0.2, 0) is 12.3 Å². The molecule has 0 fully saturated rings. The van der Waals surface area contributed by atoms with Crippen LogP contribution >= 0.6 is 23.1 Å². The molecule has 0 unspecified atom stereocenters. The summed E-state index contributed by atoms with van der Waals surface area (Å²) in [6.45, 7) is 0.461. The first-order valence-electron chi connectivity index (χ1n) is 8.51. The maximum Gasteiger partial charge on any atom is 0.274 e. The summed E-state index contributed by atoms with van der Waals surface area (Å²) >= 11 is 3.03. The molecule has 3 heterocycles. The highest BCUT2D eigenvalue weighted by Gasteiger charge is 2.21. The fraction of sp³-hybridized carbons (Fsp3) is 0.105. The van der Waals surface area contributed by atoms with E-state index in [-0.39, 0.29) is 5.91 Å². The van der Waals surface area contributed by atoms with Gasteiger partial charge in [0, 0.05) is 23.0 Å². The van der Waals surface area contributed by atoms with Crippen LogP contribution in [0.15, 0.2) is 71.5 Å². The molecule has 1 N–H and O–H groups in total. The van der Waals surface area contributed by atoms with Gasteiger partial charge in [0.25, 0.3) is 5.91 Å². The minimum Gasteiger partial charge on any atom is -0.346 e. The van der Waals surface area contributed by atoms with Crippen molar-refractivity contribution < 1.29 is 4.79 Å². The molecule has 0 saturated carbocycles. The minimum absolute atomic E-state index is 0.250. The minimum atomic E-state index is -0.250. The van der Waals surface area contributed by atoms with E-state index >= 15 is 0 Å². The average molecular weight is 409 g/mol. The molecule has 3 aromatic heterocycles. The number of thiophene rings is 1. The summed E-state index contributed by atoms with van der Waals surface area (Å²) in [5, 5.41) is 13.9. The van der Waals surface area contributed by atoms with Crippen LogP contribution in [0, 0.1) is 0 Å². The third kappa shape index (κ3) is 4.26. The lowest BCUT2D eigenvalue weighted by atomic mass is 10.3. The number of amides is 1. The number of carbonyl (C=O) groups is 1. The molecule has 1 aromatic carbocycles. The van der Waals surface area contributed by atoms with Crippen molar-refractivity contribution in [3.05, 3.63) is 82.6 Å². The second kappa shape index (κ2) is 8.77. The molecule has 140 valence electrons. The van der Waals surface area contributed by atoms with Crippen molar-refractivity contribution in [2.75, 3.05) is 0 Å². The smallest absolute Gasteiger partial charge is 0.274 e. The summed E-state index contributed by atoms with van der Waals surface area (Å²) in [4.78, 5) is 22.3. The Morgan fingerprint density at radius 2 is 1.89 bits per heavy atom. The van der Waals surface area contributed by atoms with E-state index in [0.717, 1.165) is 10.6 Å². The molecule has 4 rings (SSSR count). The maximum atomic E-state index is 12.8. The number of rotatable bonds is 7. The molecule has 28 heavy (non-hydrogen) atoms. The summed E-state index contributed by atoms with van der Waals surface area (Å²) in [7, 11) is 0. The zero-order chi connectivity index (χ0) is 19.2. The van der Waals surface area contributed by atoms with Crippen LogP contribution in [0.2, 0.25) is 0 Å². The van der Waals surface area contributed by atoms with Crippen molar-refractivity contribution in [3.63, 3.8) is 0 Å².